The van der Waals surface area contributed by atoms with Crippen molar-refractivity contribution in [1.29, 1.82) is 0 Å². The Morgan fingerprint density at radius 1 is 1.03 bits per heavy atom. The van der Waals surface area contributed by atoms with Gasteiger partial charge in [0.2, 0.25) is 21.5 Å². The summed E-state index contributed by atoms with van der Waals surface area (Å²) in [5.41, 5.74) is -8.21. The molecule has 0 aliphatic carbocycles. The third-order valence-electron chi connectivity index (χ3n) is 5.34. The van der Waals surface area contributed by atoms with Crippen molar-refractivity contribution in [2.24, 2.45) is 0 Å². The Morgan fingerprint density at radius 2 is 1.62 bits per heavy atom. The number of carbonyl (C=O) groups is 2. The third kappa shape index (κ3) is 4.41. The van der Waals surface area contributed by atoms with E-state index in [2.05, 4.69) is 5.32 Å². The third-order valence-corrected chi connectivity index (χ3v) is 7.06. The highest BCUT2D eigenvalue weighted by atomic mass is 35.5. The minimum Gasteiger partial charge on any atom is -0.326 e. The predicted octanol–water partition coefficient (Wildman–Crippen LogP) is 1.83. The number of fused-ring (bicyclic) bond motifs is 1. The molecule has 4 N–H and O–H groups in total. The average molecular weight is 558 g/mol. The topological polar surface area (TPSA) is 159 Å². The SMILES string of the molecule is CC(=O)Nc1ccc(S(=O)(=O)N[C@@]2(C(F)(F)F)C(=O)Nc3c2c(=O)[nH]c(=O)n3-c2ccc(Cl)cc2)cc1. The van der Waals surface area contributed by atoms with Gasteiger partial charge in [0.05, 0.1) is 16.1 Å². The molecule has 0 saturated carbocycles. The van der Waals surface area contributed by atoms with Gasteiger partial charge in [-0.2, -0.15) is 17.9 Å². The van der Waals surface area contributed by atoms with Crippen LogP contribution < -0.4 is 26.6 Å². The van der Waals surface area contributed by atoms with Gasteiger partial charge in [0.1, 0.15) is 5.82 Å². The number of aromatic amines is 1. The summed E-state index contributed by atoms with van der Waals surface area (Å²) >= 11 is 5.81. The van der Waals surface area contributed by atoms with Crippen LogP contribution in [-0.2, 0) is 25.2 Å². The highest BCUT2D eigenvalue weighted by Gasteiger charge is 2.69. The van der Waals surface area contributed by atoms with Gasteiger partial charge in [-0.25, -0.2) is 17.8 Å². The highest BCUT2D eigenvalue weighted by Crippen LogP contribution is 2.46. The van der Waals surface area contributed by atoms with Crippen LogP contribution in [0.5, 0.6) is 0 Å². The Morgan fingerprint density at radius 3 is 2.16 bits per heavy atom. The van der Waals surface area contributed by atoms with Crippen LogP contribution in [-0.4, -0.2) is 36.0 Å². The zero-order chi connectivity index (χ0) is 27.3. The molecule has 0 saturated heterocycles. The van der Waals surface area contributed by atoms with Crippen molar-refractivity contribution in [3.8, 4) is 5.69 Å². The molecule has 0 fully saturated rings. The zero-order valence-corrected chi connectivity index (χ0v) is 20.0. The second kappa shape index (κ2) is 8.86. The van der Waals surface area contributed by atoms with E-state index in [0.717, 1.165) is 24.3 Å². The van der Waals surface area contributed by atoms with Gasteiger partial charge in [0.25, 0.3) is 11.5 Å². The molecule has 2 aromatic carbocycles. The molecule has 16 heteroatoms. The summed E-state index contributed by atoms with van der Waals surface area (Å²) < 4.78 is 71.7. The van der Waals surface area contributed by atoms with E-state index >= 15 is 0 Å². The highest BCUT2D eigenvalue weighted by molar-refractivity contribution is 7.89. The van der Waals surface area contributed by atoms with E-state index in [-0.39, 0.29) is 16.4 Å². The van der Waals surface area contributed by atoms with Gasteiger partial charge in [-0.1, -0.05) is 11.6 Å². The fourth-order valence-electron chi connectivity index (χ4n) is 3.76. The van der Waals surface area contributed by atoms with E-state index in [1.165, 1.54) is 35.9 Å². The molecule has 0 spiro atoms. The summed E-state index contributed by atoms with van der Waals surface area (Å²) in [5.74, 6) is -3.30. The van der Waals surface area contributed by atoms with Crippen LogP contribution >= 0.6 is 11.6 Å². The molecular weight excluding hydrogens is 543 g/mol. The van der Waals surface area contributed by atoms with Gasteiger partial charge in [0.15, 0.2) is 0 Å². The van der Waals surface area contributed by atoms with Crippen molar-refractivity contribution < 1.29 is 31.2 Å². The second-order valence-electron chi connectivity index (χ2n) is 7.81. The maximum Gasteiger partial charge on any atom is 0.421 e. The minimum absolute atomic E-state index is 0.0726. The molecule has 37 heavy (non-hydrogen) atoms. The van der Waals surface area contributed by atoms with E-state index < -0.39 is 61.1 Å². The van der Waals surface area contributed by atoms with Crippen LogP contribution in [0.3, 0.4) is 0 Å². The van der Waals surface area contributed by atoms with Gasteiger partial charge in [0, 0.05) is 17.6 Å². The largest absolute Gasteiger partial charge is 0.421 e. The van der Waals surface area contributed by atoms with Crippen molar-refractivity contribution in [1.82, 2.24) is 14.3 Å². The fraction of sp³-hybridized carbons (Fsp3) is 0.143. The van der Waals surface area contributed by atoms with E-state index in [0.29, 0.717) is 4.57 Å². The normalized spacial score (nSPS) is 17.3. The zero-order valence-electron chi connectivity index (χ0n) is 18.4. The number of amides is 2. The number of benzene rings is 2. The molecule has 1 aliphatic heterocycles. The lowest BCUT2D eigenvalue weighted by atomic mass is 9.93. The Kier molecular flexibility index (Phi) is 6.26. The molecule has 1 atom stereocenters. The molecule has 2 heterocycles. The summed E-state index contributed by atoms with van der Waals surface area (Å²) in [7, 11) is -5.12. The number of aromatic nitrogens is 2. The van der Waals surface area contributed by atoms with Crippen molar-refractivity contribution >= 4 is 44.9 Å². The number of halogens is 4. The first-order chi connectivity index (χ1) is 17.2. The van der Waals surface area contributed by atoms with Gasteiger partial charge in [-0.3, -0.25) is 19.4 Å². The summed E-state index contributed by atoms with van der Waals surface area (Å²) in [6.45, 7) is 1.19. The van der Waals surface area contributed by atoms with Crippen molar-refractivity contribution in [2.45, 2.75) is 23.5 Å². The number of nitrogens with zero attached hydrogens (tertiary/aromatic N) is 1. The summed E-state index contributed by atoms with van der Waals surface area (Å²) in [5, 5.41) is 4.43. The summed E-state index contributed by atoms with van der Waals surface area (Å²) in [6, 6.07) is 9.11. The maximum atomic E-state index is 14.6. The monoisotopic (exact) mass is 557 g/mol. The van der Waals surface area contributed by atoms with Crippen molar-refractivity contribution in [2.75, 3.05) is 10.6 Å². The number of hydrogen-bond acceptors (Lipinski definition) is 6. The molecule has 11 nitrogen and oxygen atoms in total. The van der Waals surface area contributed by atoms with E-state index in [1.807, 2.05) is 5.32 Å². The summed E-state index contributed by atoms with van der Waals surface area (Å²) in [4.78, 5) is 50.3. The summed E-state index contributed by atoms with van der Waals surface area (Å²) in [6.07, 6.45) is -5.68. The van der Waals surface area contributed by atoms with Crippen LogP contribution in [0.1, 0.15) is 12.5 Å². The molecule has 4 rings (SSSR count). The first kappa shape index (κ1) is 26.1. The van der Waals surface area contributed by atoms with Crippen LogP contribution in [0.25, 0.3) is 5.69 Å². The van der Waals surface area contributed by atoms with E-state index in [4.69, 9.17) is 11.6 Å². The molecule has 0 unspecified atom stereocenters. The van der Waals surface area contributed by atoms with Crippen LogP contribution in [0.2, 0.25) is 5.02 Å². The molecule has 3 aromatic rings. The lowest BCUT2D eigenvalue weighted by Crippen LogP contribution is -2.61. The Balaban J connectivity index is 1.92. The van der Waals surface area contributed by atoms with Gasteiger partial charge in [-0.05, 0) is 48.5 Å². The maximum absolute atomic E-state index is 14.6. The predicted molar refractivity (Wildman–Crippen MR) is 125 cm³/mol. The standard InChI is InChI=1S/C21H15ClF3N5O6S/c1-10(31)26-12-4-8-14(9-5-12)37(35,36)29-20(21(23,24)25)15-16(27-18(20)33)30(19(34)28-17(15)32)13-6-2-11(22)3-7-13/h2-9,29H,1H3,(H,26,31)(H,27,33)(H,28,32,34)/t20-/m1/s1. The molecule has 1 aromatic heterocycles. The number of hydrogen-bond donors (Lipinski definition) is 4. The lowest BCUT2D eigenvalue weighted by Gasteiger charge is -2.29. The lowest BCUT2D eigenvalue weighted by molar-refractivity contribution is -0.194. The first-order valence-electron chi connectivity index (χ1n) is 10.1. The molecule has 0 radical (unpaired) electrons. The smallest absolute Gasteiger partial charge is 0.326 e. The fourth-order valence-corrected chi connectivity index (χ4v) is 5.21. The quantitative estimate of drug-likeness (QED) is 0.374. The van der Waals surface area contributed by atoms with E-state index in [1.54, 1.807) is 4.98 Å². The van der Waals surface area contributed by atoms with Crippen LogP contribution in [0.15, 0.2) is 63.0 Å². The van der Waals surface area contributed by atoms with Gasteiger partial charge < -0.3 is 10.6 Å². The van der Waals surface area contributed by atoms with Crippen molar-refractivity contribution in [3.63, 3.8) is 0 Å². The molecule has 2 amide bonds. The Labute approximate surface area is 210 Å². The average Bonchev–Trinajstić information content (AvgIpc) is 3.07. The van der Waals surface area contributed by atoms with Crippen LogP contribution in [0, 0.1) is 0 Å². The number of sulfonamides is 1. The molecule has 1 aliphatic rings. The van der Waals surface area contributed by atoms with Crippen LogP contribution in [0.4, 0.5) is 24.7 Å². The number of rotatable bonds is 5. The molecule has 0 bridgehead atoms. The first-order valence-corrected chi connectivity index (χ1v) is 12.0. The van der Waals surface area contributed by atoms with Gasteiger partial charge >= 0.3 is 11.9 Å². The number of alkyl halides is 3. The number of anilines is 2. The number of nitrogens with one attached hydrogen (secondary N) is 4. The molecular formula is C21H15ClF3N5O6S. The number of carbonyl (C=O) groups excluding carboxylic acids is 2. The van der Waals surface area contributed by atoms with E-state index in [9.17, 15) is 40.8 Å². The van der Waals surface area contributed by atoms with Crippen molar-refractivity contribution in [3.05, 3.63) is 80.0 Å². The molecule has 194 valence electrons. The Bertz CT molecular complexity index is 1650. The Hall–Kier alpha value is -3.95. The number of H-pyrrole nitrogens is 1. The minimum atomic E-state index is -5.68. The van der Waals surface area contributed by atoms with Gasteiger partial charge in [-0.15, -0.1) is 0 Å². The second-order valence-corrected chi connectivity index (χ2v) is 9.93.